The molecule has 3 aromatic heterocycles. The van der Waals surface area contributed by atoms with E-state index < -0.39 is 0 Å². The molecule has 0 unspecified atom stereocenters. The first-order valence-corrected chi connectivity index (χ1v) is 4.41. The summed E-state index contributed by atoms with van der Waals surface area (Å²) in [6.45, 7) is 0. The predicted octanol–water partition coefficient (Wildman–Crippen LogP) is 1.09. The minimum atomic E-state index is 0.404. The van der Waals surface area contributed by atoms with Crippen LogP contribution in [0.5, 0.6) is 0 Å². The van der Waals surface area contributed by atoms with E-state index >= 15 is 0 Å². The molecule has 0 bridgehead atoms. The summed E-state index contributed by atoms with van der Waals surface area (Å²) >= 11 is 0. The molecule has 3 heterocycles. The second-order valence-electron chi connectivity index (χ2n) is 3.15. The summed E-state index contributed by atoms with van der Waals surface area (Å²) in [5.41, 5.74) is 1.90. The minimum Gasteiger partial charge on any atom is -0.296 e. The molecule has 0 atom stereocenters. The van der Waals surface area contributed by atoms with E-state index in [-0.39, 0.29) is 0 Å². The number of imidazole rings is 1. The number of fused-ring (bicyclic) bond motifs is 3. The van der Waals surface area contributed by atoms with Crippen LogP contribution in [-0.2, 0) is 0 Å². The highest BCUT2D eigenvalue weighted by Gasteiger charge is 2.05. The van der Waals surface area contributed by atoms with E-state index in [0.29, 0.717) is 5.69 Å². The van der Waals surface area contributed by atoms with Gasteiger partial charge in [0.1, 0.15) is 17.7 Å². The quantitative estimate of drug-likeness (QED) is 0.549. The lowest BCUT2D eigenvalue weighted by molar-refractivity contribution is 0.111. The lowest BCUT2D eigenvalue weighted by Gasteiger charge is -1.97. The Hall–Kier alpha value is -2.30. The van der Waals surface area contributed by atoms with Gasteiger partial charge in [-0.1, -0.05) is 0 Å². The van der Waals surface area contributed by atoms with Crippen molar-refractivity contribution in [2.24, 2.45) is 0 Å². The van der Waals surface area contributed by atoms with Crippen molar-refractivity contribution in [2.75, 3.05) is 0 Å². The third-order valence-corrected chi connectivity index (χ3v) is 2.23. The number of aromatic nitrogens is 4. The van der Waals surface area contributed by atoms with E-state index in [1.807, 2.05) is 6.07 Å². The molecule has 72 valence electrons. The van der Waals surface area contributed by atoms with Gasteiger partial charge in [0, 0.05) is 17.8 Å². The summed E-state index contributed by atoms with van der Waals surface area (Å²) in [5.74, 6) is 0. The zero-order valence-corrected chi connectivity index (χ0v) is 7.66. The van der Waals surface area contributed by atoms with Crippen LogP contribution in [0.15, 0.2) is 31.0 Å². The predicted molar refractivity (Wildman–Crippen MR) is 53.7 cm³/mol. The zero-order chi connectivity index (χ0) is 10.3. The molecule has 0 aliphatic carbocycles. The Morgan fingerprint density at radius 3 is 3.20 bits per heavy atom. The molecule has 5 heteroatoms. The molecular weight excluding hydrogens is 192 g/mol. The number of carbonyl (C=O) groups is 1. The second-order valence-corrected chi connectivity index (χ2v) is 3.15. The summed E-state index contributed by atoms with van der Waals surface area (Å²) in [6, 6.07) is 1.83. The van der Waals surface area contributed by atoms with Gasteiger partial charge < -0.3 is 0 Å². The smallest absolute Gasteiger partial charge is 0.170 e. The Labute approximate surface area is 84.4 Å². The molecule has 3 rings (SSSR count). The Bertz CT molecular complexity index is 659. The lowest BCUT2D eigenvalue weighted by atomic mass is 10.3. The molecule has 0 aromatic carbocycles. The van der Waals surface area contributed by atoms with Gasteiger partial charge in [-0.15, -0.1) is 0 Å². The minimum absolute atomic E-state index is 0.404. The average molecular weight is 198 g/mol. The van der Waals surface area contributed by atoms with Gasteiger partial charge in [0.2, 0.25) is 0 Å². The number of nitrogens with zero attached hydrogens (tertiary/aromatic N) is 4. The van der Waals surface area contributed by atoms with Crippen LogP contribution in [0.25, 0.3) is 16.6 Å². The monoisotopic (exact) mass is 198 g/mol. The van der Waals surface area contributed by atoms with Crippen molar-refractivity contribution >= 4 is 22.8 Å². The van der Waals surface area contributed by atoms with E-state index in [9.17, 15) is 4.79 Å². The van der Waals surface area contributed by atoms with Crippen LogP contribution in [0, 0.1) is 0 Å². The van der Waals surface area contributed by atoms with Crippen molar-refractivity contribution in [1.82, 2.24) is 19.4 Å². The second kappa shape index (κ2) is 2.84. The summed E-state index contributed by atoms with van der Waals surface area (Å²) in [4.78, 5) is 23.0. The van der Waals surface area contributed by atoms with Crippen LogP contribution in [0.1, 0.15) is 10.5 Å². The Morgan fingerprint density at radius 2 is 2.33 bits per heavy atom. The van der Waals surface area contributed by atoms with Crippen LogP contribution in [0.3, 0.4) is 0 Å². The topological polar surface area (TPSA) is 60.2 Å². The Morgan fingerprint density at radius 1 is 1.40 bits per heavy atom. The maximum atomic E-state index is 10.6. The molecule has 0 aliphatic rings. The van der Waals surface area contributed by atoms with Crippen molar-refractivity contribution in [3.05, 3.63) is 36.7 Å². The highest BCUT2D eigenvalue weighted by molar-refractivity contribution is 5.91. The van der Waals surface area contributed by atoms with E-state index in [4.69, 9.17) is 0 Å². The molecule has 0 N–H and O–H groups in total. The van der Waals surface area contributed by atoms with Crippen LogP contribution < -0.4 is 0 Å². The van der Waals surface area contributed by atoms with Crippen molar-refractivity contribution in [3.8, 4) is 0 Å². The highest BCUT2D eigenvalue weighted by atomic mass is 16.1. The van der Waals surface area contributed by atoms with Gasteiger partial charge >= 0.3 is 0 Å². The first-order valence-electron chi connectivity index (χ1n) is 4.41. The van der Waals surface area contributed by atoms with Crippen molar-refractivity contribution in [3.63, 3.8) is 0 Å². The zero-order valence-electron chi connectivity index (χ0n) is 7.66. The van der Waals surface area contributed by atoms with Crippen molar-refractivity contribution < 1.29 is 4.79 Å². The van der Waals surface area contributed by atoms with Crippen LogP contribution >= 0.6 is 0 Å². The van der Waals surface area contributed by atoms with Gasteiger partial charge in [0.15, 0.2) is 6.29 Å². The molecule has 0 amide bonds. The molecule has 3 aromatic rings. The van der Waals surface area contributed by atoms with Gasteiger partial charge in [-0.05, 0) is 6.07 Å². The van der Waals surface area contributed by atoms with Gasteiger partial charge in [-0.3, -0.25) is 14.2 Å². The fraction of sp³-hybridized carbons (Fsp3) is 0. The van der Waals surface area contributed by atoms with Crippen LogP contribution in [-0.4, -0.2) is 25.6 Å². The fourth-order valence-corrected chi connectivity index (χ4v) is 1.56. The first-order chi connectivity index (χ1) is 7.38. The summed E-state index contributed by atoms with van der Waals surface area (Å²) < 4.78 is 1.73. The number of aldehydes is 1. The number of rotatable bonds is 1. The van der Waals surface area contributed by atoms with E-state index in [1.165, 1.54) is 0 Å². The number of hydrogen-bond donors (Lipinski definition) is 0. The average Bonchev–Trinajstić information content (AvgIpc) is 2.72. The molecule has 0 radical (unpaired) electrons. The third kappa shape index (κ3) is 1.10. The molecule has 0 aliphatic heterocycles. The Kier molecular flexibility index (Phi) is 1.53. The van der Waals surface area contributed by atoms with E-state index in [2.05, 4.69) is 15.0 Å². The maximum absolute atomic E-state index is 10.6. The standard InChI is InChI=1S/C10H6N4O/c15-5-7-4-14-6-12-9-3-11-2-1-8(9)10(14)13-7/h1-6H. The molecule has 0 fully saturated rings. The number of carbonyl (C=O) groups excluding carboxylic acids is 1. The largest absolute Gasteiger partial charge is 0.296 e. The van der Waals surface area contributed by atoms with Crippen LogP contribution in [0.4, 0.5) is 0 Å². The summed E-state index contributed by atoms with van der Waals surface area (Å²) in [6.07, 6.45) is 7.35. The SMILES string of the molecule is O=Cc1cn2cnc3cnccc3c2n1. The molecule has 0 saturated heterocycles. The van der Waals surface area contributed by atoms with Gasteiger partial charge in [-0.25, -0.2) is 9.97 Å². The molecule has 0 spiro atoms. The van der Waals surface area contributed by atoms with Gasteiger partial charge in [0.25, 0.3) is 0 Å². The third-order valence-electron chi connectivity index (χ3n) is 2.23. The molecule has 0 saturated carbocycles. The van der Waals surface area contributed by atoms with E-state index in [0.717, 1.165) is 22.8 Å². The van der Waals surface area contributed by atoms with Crippen molar-refractivity contribution in [1.29, 1.82) is 0 Å². The number of pyridine rings is 1. The van der Waals surface area contributed by atoms with Crippen LogP contribution in [0.2, 0.25) is 0 Å². The Balaban J connectivity index is 2.52. The first kappa shape index (κ1) is 8.05. The molecule has 15 heavy (non-hydrogen) atoms. The number of hydrogen-bond acceptors (Lipinski definition) is 4. The summed E-state index contributed by atoms with van der Waals surface area (Å²) in [7, 11) is 0. The molecule has 5 nitrogen and oxygen atoms in total. The lowest BCUT2D eigenvalue weighted by Crippen LogP contribution is -1.88. The normalized spacial score (nSPS) is 10.9. The van der Waals surface area contributed by atoms with E-state index in [1.54, 1.807) is 29.3 Å². The van der Waals surface area contributed by atoms with Gasteiger partial charge in [0.05, 0.1) is 11.7 Å². The maximum Gasteiger partial charge on any atom is 0.170 e. The molecular formula is C10H6N4O. The van der Waals surface area contributed by atoms with Crippen molar-refractivity contribution in [2.45, 2.75) is 0 Å². The van der Waals surface area contributed by atoms with Gasteiger partial charge in [-0.2, -0.15) is 0 Å². The summed E-state index contributed by atoms with van der Waals surface area (Å²) in [5, 5.41) is 0.889. The highest BCUT2D eigenvalue weighted by Crippen LogP contribution is 2.15. The fourth-order valence-electron chi connectivity index (χ4n) is 1.56.